The summed E-state index contributed by atoms with van der Waals surface area (Å²) >= 11 is 0. The van der Waals surface area contributed by atoms with Crippen LogP contribution in [0.4, 0.5) is 13.2 Å². The number of nitrogens with zero attached hydrogens (tertiary/aromatic N) is 3. The van der Waals surface area contributed by atoms with Gasteiger partial charge in [-0.2, -0.15) is 13.2 Å². The molecule has 6 nitrogen and oxygen atoms in total. The zero-order valence-corrected chi connectivity index (χ0v) is 18.7. The highest BCUT2D eigenvalue weighted by molar-refractivity contribution is 5.81. The molecule has 1 aliphatic carbocycles. The van der Waals surface area contributed by atoms with E-state index in [1.54, 1.807) is 7.05 Å². The Labute approximate surface area is 184 Å². The van der Waals surface area contributed by atoms with Crippen molar-refractivity contribution in [3.05, 3.63) is 0 Å². The number of rotatable bonds is 6. The van der Waals surface area contributed by atoms with Crippen molar-refractivity contribution in [2.24, 2.45) is 16.8 Å². The number of aliphatic imine (C=N–C) groups is 1. The van der Waals surface area contributed by atoms with Crippen molar-refractivity contribution < 1.29 is 18.0 Å². The minimum absolute atomic E-state index is 0.212. The fourth-order valence-corrected chi connectivity index (χ4v) is 5.16. The Morgan fingerprint density at radius 3 is 2.39 bits per heavy atom. The molecule has 0 bridgehead atoms. The van der Waals surface area contributed by atoms with Gasteiger partial charge < -0.3 is 15.5 Å². The molecular weight excluding hydrogens is 407 g/mol. The number of halogens is 3. The number of nitrogens with one attached hydrogen (secondary N) is 2. The highest BCUT2D eigenvalue weighted by atomic mass is 19.4. The maximum atomic E-state index is 12.7. The Balaban J connectivity index is 1.32. The molecule has 0 aromatic rings. The lowest BCUT2D eigenvalue weighted by atomic mass is 9.88. The Hall–Kier alpha value is -1.51. The van der Waals surface area contributed by atoms with E-state index in [0.29, 0.717) is 24.9 Å². The molecule has 3 fully saturated rings. The number of carbonyl (C=O) groups is 1. The van der Waals surface area contributed by atoms with Gasteiger partial charge in [-0.15, -0.1) is 0 Å². The number of hydrogen-bond donors (Lipinski definition) is 2. The number of amides is 1. The average molecular weight is 446 g/mol. The van der Waals surface area contributed by atoms with Crippen LogP contribution in [0.2, 0.25) is 0 Å². The van der Waals surface area contributed by atoms with E-state index in [-0.39, 0.29) is 12.0 Å². The molecule has 0 aromatic carbocycles. The van der Waals surface area contributed by atoms with Gasteiger partial charge in [-0.25, -0.2) is 0 Å². The highest BCUT2D eigenvalue weighted by Crippen LogP contribution is 2.27. The summed E-state index contributed by atoms with van der Waals surface area (Å²) < 4.78 is 37.5. The van der Waals surface area contributed by atoms with Crippen molar-refractivity contribution in [2.75, 3.05) is 46.3 Å². The number of alkyl halides is 3. The second-order valence-corrected chi connectivity index (χ2v) is 9.37. The number of carbonyl (C=O) groups excluding carboxylic acids is 1. The Morgan fingerprint density at radius 2 is 1.74 bits per heavy atom. The van der Waals surface area contributed by atoms with Gasteiger partial charge in [-0.1, -0.05) is 19.3 Å². The molecule has 178 valence electrons. The number of hydrogen-bond acceptors (Lipinski definition) is 3. The van der Waals surface area contributed by atoms with Crippen LogP contribution in [0.3, 0.4) is 0 Å². The summed E-state index contributed by atoms with van der Waals surface area (Å²) in [5, 5.41) is 6.78. The van der Waals surface area contributed by atoms with Crippen molar-refractivity contribution in [3.8, 4) is 0 Å². The summed E-state index contributed by atoms with van der Waals surface area (Å²) in [5.74, 6) is 1.73. The van der Waals surface area contributed by atoms with Gasteiger partial charge in [-0.3, -0.25) is 14.7 Å². The monoisotopic (exact) mass is 445 g/mol. The predicted molar refractivity (Wildman–Crippen MR) is 116 cm³/mol. The zero-order chi connectivity index (χ0) is 22.3. The molecule has 3 rings (SSSR count). The molecule has 2 heterocycles. The second kappa shape index (κ2) is 11.4. The van der Waals surface area contributed by atoms with Gasteiger partial charge in [0.1, 0.15) is 0 Å². The molecule has 2 aliphatic heterocycles. The van der Waals surface area contributed by atoms with Crippen LogP contribution < -0.4 is 10.6 Å². The molecule has 2 saturated heterocycles. The van der Waals surface area contributed by atoms with E-state index in [4.69, 9.17) is 0 Å². The fourth-order valence-electron chi connectivity index (χ4n) is 5.16. The summed E-state index contributed by atoms with van der Waals surface area (Å²) in [6.07, 6.45) is 5.03. The Morgan fingerprint density at radius 1 is 1.03 bits per heavy atom. The van der Waals surface area contributed by atoms with E-state index < -0.39 is 12.7 Å². The molecule has 1 atom stereocenters. The molecule has 1 saturated carbocycles. The lowest BCUT2D eigenvalue weighted by Gasteiger charge is -2.32. The van der Waals surface area contributed by atoms with Crippen molar-refractivity contribution in [1.29, 1.82) is 0 Å². The van der Waals surface area contributed by atoms with Crippen LogP contribution in [-0.2, 0) is 4.79 Å². The standard InChI is InChI=1S/C22H38F3N5O/c1-26-21(27-11-7-17-8-12-29(13-9-17)16-22(23,24)25)28-19-10-14-30(15-19)20(31)18-5-3-2-4-6-18/h17-19H,2-16H2,1H3,(H2,26,27,28). The SMILES string of the molecule is CN=C(NCCC1CCN(CC(F)(F)F)CC1)NC1CCN(C(=O)C2CCCCC2)C1. The van der Waals surface area contributed by atoms with Crippen molar-refractivity contribution >= 4 is 11.9 Å². The number of piperidine rings is 1. The molecule has 0 radical (unpaired) electrons. The maximum absolute atomic E-state index is 12.7. The summed E-state index contributed by atoms with van der Waals surface area (Å²) in [5.41, 5.74) is 0. The smallest absolute Gasteiger partial charge is 0.356 e. The molecule has 0 spiro atoms. The summed E-state index contributed by atoms with van der Waals surface area (Å²) in [6.45, 7) is 2.53. The summed E-state index contributed by atoms with van der Waals surface area (Å²) in [4.78, 5) is 20.6. The van der Waals surface area contributed by atoms with Gasteiger partial charge >= 0.3 is 6.18 Å². The van der Waals surface area contributed by atoms with Crippen LogP contribution in [-0.4, -0.2) is 80.2 Å². The van der Waals surface area contributed by atoms with Crippen LogP contribution in [0.1, 0.15) is 57.8 Å². The minimum Gasteiger partial charge on any atom is -0.356 e. The minimum atomic E-state index is -4.11. The fraction of sp³-hybridized carbons (Fsp3) is 0.909. The number of likely N-dealkylation sites (tertiary alicyclic amines) is 2. The van der Waals surface area contributed by atoms with E-state index in [9.17, 15) is 18.0 Å². The van der Waals surface area contributed by atoms with Crippen molar-refractivity contribution in [2.45, 2.75) is 70.0 Å². The average Bonchev–Trinajstić information content (AvgIpc) is 3.22. The van der Waals surface area contributed by atoms with E-state index in [1.165, 1.54) is 24.2 Å². The molecule has 31 heavy (non-hydrogen) atoms. The van der Waals surface area contributed by atoms with Crippen LogP contribution in [0.5, 0.6) is 0 Å². The first-order chi connectivity index (χ1) is 14.8. The second-order valence-electron chi connectivity index (χ2n) is 9.37. The van der Waals surface area contributed by atoms with Crippen LogP contribution in [0, 0.1) is 11.8 Å². The largest absolute Gasteiger partial charge is 0.401 e. The molecule has 0 aromatic heterocycles. The van der Waals surface area contributed by atoms with Crippen LogP contribution >= 0.6 is 0 Å². The van der Waals surface area contributed by atoms with E-state index >= 15 is 0 Å². The van der Waals surface area contributed by atoms with E-state index in [1.807, 2.05) is 4.90 Å². The normalized spacial score (nSPS) is 25.1. The first kappa shape index (κ1) is 24.1. The third-order valence-corrected chi connectivity index (χ3v) is 6.97. The third kappa shape index (κ3) is 7.84. The van der Waals surface area contributed by atoms with E-state index in [2.05, 4.69) is 15.6 Å². The van der Waals surface area contributed by atoms with Gasteiger partial charge in [0, 0.05) is 38.6 Å². The topological polar surface area (TPSA) is 60.0 Å². The van der Waals surface area contributed by atoms with Gasteiger partial charge in [0.05, 0.1) is 6.54 Å². The van der Waals surface area contributed by atoms with Crippen molar-refractivity contribution in [3.63, 3.8) is 0 Å². The molecule has 9 heteroatoms. The van der Waals surface area contributed by atoms with Crippen molar-refractivity contribution in [1.82, 2.24) is 20.4 Å². The van der Waals surface area contributed by atoms with Gasteiger partial charge in [-0.05, 0) is 57.5 Å². The lowest BCUT2D eigenvalue weighted by molar-refractivity contribution is -0.148. The molecule has 2 N–H and O–H groups in total. The van der Waals surface area contributed by atoms with Crippen LogP contribution in [0.15, 0.2) is 4.99 Å². The van der Waals surface area contributed by atoms with Crippen LogP contribution in [0.25, 0.3) is 0 Å². The van der Waals surface area contributed by atoms with Gasteiger partial charge in [0.25, 0.3) is 0 Å². The van der Waals surface area contributed by atoms with Gasteiger partial charge in [0.2, 0.25) is 5.91 Å². The Bertz CT molecular complexity index is 598. The molecule has 1 amide bonds. The first-order valence-electron chi connectivity index (χ1n) is 11.9. The molecule has 3 aliphatic rings. The highest BCUT2D eigenvalue weighted by Gasteiger charge is 2.33. The number of guanidine groups is 1. The third-order valence-electron chi connectivity index (χ3n) is 6.97. The van der Waals surface area contributed by atoms with E-state index in [0.717, 1.165) is 64.1 Å². The Kier molecular flexibility index (Phi) is 8.86. The molecular formula is C22H38F3N5O. The zero-order valence-electron chi connectivity index (χ0n) is 18.7. The molecule has 1 unspecified atom stereocenters. The lowest BCUT2D eigenvalue weighted by Crippen LogP contribution is -2.46. The predicted octanol–water partition coefficient (Wildman–Crippen LogP) is 3.00. The summed E-state index contributed by atoms with van der Waals surface area (Å²) in [6, 6.07) is 0.212. The maximum Gasteiger partial charge on any atom is 0.401 e. The van der Waals surface area contributed by atoms with Gasteiger partial charge in [0.15, 0.2) is 5.96 Å². The quantitative estimate of drug-likeness (QED) is 0.488. The first-order valence-corrected chi connectivity index (χ1v) is 11.9. The summed E-state index contributed by atoms with van der Waals surface area (Å²) in [7, 11) is 1.74.